The number of ether oxygens (including phenoxy) is 2. The van der Waals surface area contributed by atoms with Crippen LogP contribution in [0.25, 0.3) is 0 Å². The summed E-state index contributed by atoms with van der Waals surface area (Å²) in [5.41, 5.74) is 1.20. The molecule has 0 radical (unpaired) electrons. The second kappa shape index (κ2) is 9.14. The molecule has 4 heteroatoms. The van der Waals surface area contributed by atoms with Gasteiger partial charge in [-0.25, -0.2) is 0 Å². The molecule has 1 fully saturated rings. The number of methoxy groups -OCH3 is 1. The highest BCUT2D eigenvalue weighted by molar-refractivity contribution is 5.42. The Balaban J connectivity index is 1.85. The molecule has 1 aliphatic carbocycles. The smallest absolute Gasteiger partial charge is 0.161 e. The molecule has 0 bridgehead atoms. The molecule has 0 heterocycles. The first-order valence-corrected chi connectivity index (χ1v) is 8.77. The van der Waals surface area contributed by atoms with E-state index in [1.165, 1.54) is 12.0 Å². The average Bonchev–Trinajstić information content (AvgIpc) is 2.53. The Hall–Kier alpha value is -1.26. The molecule has 1 aromatic rings. The van der Waals surface area contributed by atoms with Crippen LogP contribution in [0.4, 0.5) is 0 Å². The summed E-state index contributed by atoms with van der Waals surface area (Å²) in [6.07, 6.45) is 4.15. The lowest BCUT2D eigenvalue weighted by Gasteiger charge is -2.26. The van der Waals surface area contributed by atoms with Crippen molar-refractivity contribution in [2.45, 2.75) is 52.2 Å². The third-order valence-electron chi connectivity index (χ3n) is 4.32. The first kappa shape index (κ1) is 18.1. The number of aliphatic hydroxyl groups is 1. The van der Waals surface area contributed by atoms with E-state index < -0.39 is 0 Å². The molecule has 1 saturated carbocycles. The molecule has 0 spiro atoms. The fraction of sp³-hybridized carbons (Fsp3) is 0.684. The van der Waals surface area contributed by atoms with Crippen molar-refractivity contribution in [2.24, 2.45) is 11.8 Å². The lowest BCUT2D eigenvalue weighted by atomic mass is 9.87. The Morgan fingerprint density at radius 1 is 1.26 bits per heavy atom. The minimum atomic E-state index is -0.104. The Morgan fingerprint density at radius 2 is 2.09 bits per heavy atom. The van der Waals surface area contributed by atoms with Crippen LogP contribution in [0.3, 0.4) is 0 Å². The second-order valence-corrected chi connectivity index (χ2v) is 7.01. The highest BCUT2D eigenvalue weighted by atomic mass is 16.5. The van der Waals surface area contributed by atoms with Crippen molar-refractivity contribution in [1.82, 2.24) is 5.32 Å². The van der Waals surface area contributed by atoms with Crippen molar-refractivity contribution in [1.29, 1.82) is 0 Å². The number of hydrogen-bond donors (Lipinski definition) is 2. The number of benzene rings is 1. The van der Waals surface area contributed by atoms with Crippen LogP contribution in [0, 0.1) is 11.8 Å². The van der Waals surface area contributed by atoms with Crippen molar-refractivity contribution in [3.8, 4) is 11.5 Å². The van der Waals surface area contributed by atoms with Gasteiger partial charge in [-0.2, -0.15) is 0 Å². The first-order chi connectivity index (χ1) is 11.1. The maximum absolute atomic E-state index is 9.74. The summed E-state index contributed by atoms with van der Waals surface area (Å²) in [7, 11) is 1.67. The normalized spacial score (nSPS) is 21.4. The summed E-state index contributed by atoms with van der Waals surface area (Å²) in [5.74, 6) is 2.67. The Morgan fingerprint density at radius 3 is 2.78 bits per heavy atom. The minimum absolute atomic E-state index is 0.104. The van der Waals surface area contributed by atoms with E-state index in [0.717, 1.165) is 43.9 Å². The van der Waals surface area contributed by atoms with Gasteiger partial charge in [0.05, 0.1) is 19.8 Å². The number of hydrogen-bond acceptors (Lipinski definition) is 4. The topological polar surface area (TPSA) is 50.7 Å². The zero-order valence-electron chi connectivity index (χ0n) is 14.7. The highest BCUT2D eigenvalue weighted by Gasteiger charge is 2.19. The van der Waals surface area contributed by atoms with Crippen LogP contribution in [0.1, 0.15) is 45.1 Å². The van der Waals surface area contributed by atoms with E-state index in [4.69, 9.17) is 9.47 Å². The molecule has 2 N–H and O–H groups in total. The molecule has 4 nitrogen and oxygen atoms in total. The minimum Gasteiger partial charge on any atom is -0.493 e. The molecule has 0 aromatic heterocycles. The molecule has 0 saturated heterocycles. The van der Waals surface area contributed by atoms with Gasteiger partial charge in [-0.05, 0) is 55.3 Å². The van der Waals surface area contributed by atoms with Crippen LogP contribution in [0.15, 0.2) is 18.2 Å². The lowest BCUT2D eigenvalue weighted by Crippen LogP contribution is -2.28. The number of rotatable bonds is 8. The van der Waals surface area contributed by atoms with Crippen molar-refractivity contribution in [2.75, 3.05) is 20.3 Å². The third-order valence-corrected chi connectivity index (χ3v) is 4.32. The van der Waals surface area contributed by atoms with Crippen LogP contribution in [-0.4, -0.2) is 31.5 Å². The van der Waals surface area contributed by atoms with Gasteiger partial charge in [0, 0.05) is 6.54 Å². The Bertz CT molecular complexity index is 476. The van der Waals surface area contributed by atoms with E-state index in [2.05, 4.69) is 31.3 Å². The fourth-order valence-electron chi connectivity index (χ4n) is 3.07. The average molecular weight is 321 g/mol. The van der Waals surface area contributed by atoms with Crippen molar-refractivity contribution in [3.05, 3.63) is 23.8 Å². The van der Waals surface area contributed by atoms with Gasteiger partial charge in [-0.3, -0.25) is 0 Å². The van der Waals surface area contributed by atoms with Gasteiger partial charge < -0.3 is 19.9 Å². The van der Waals surface area contributed by atoms with Crippen LogP contribution in [-0.2, 0) is 6.54 Å². The van der Waals surface area contributed by atoms with E-state index >= 15 is 0 Å². The van der Waals surface area contributed by atoms with Crippen molar-refractivity contribution in [3.63, 3.8) is 0 Å². The summed E-state index contributed by atoms with van der Waals surface area (Å²) < 4.78 is 11.2. The highest BCUT2D eigenvalue weighted by Crippen LogP contribution is 2.29. The van der Waals surface area contributed by atoms with Gasteiger partial charge in [-0.1, -0.05) is 26.3 Å². The molecule has 23 heavy (non-hydrogen) atoms. The zero-order valence-corrected chi connectivity index (χ0v) is 14.7. The largest absolute Gasteiger partial charge is 0.493 e. The molecule has 2 unspecified atom stereocenters. The molecular weight excluding hydrogens is 290 g/mol. The van der Waals surface area contributed by atoms with Gasteiger partial charge in [0.1, 0.15) is 0 Å². The number of aliphatic hydroxyl groups excluding tert-OH is 1. The van der Waals surface area contributed by atoms with Crippen molar-refractivity contribution >= 4 is 0 Å². The molecule has 0 amide bonds. The molecule has 2 rings (SSSR count). The standard InChI is InChI=1S/C19H31NO3/c1-14(2)13-23-19-10-16(7-8-18(19)22-3)12-20-11-15-5-4-6-17(21)9-15/h7-8,10,14-15,17,20-21H,4-6,9,11-13H2,1-3H3. The van der Waals surface area contributed by atoms with Crippen LogP contribution < -0.4 is 14.8 Å². The molecule has 1 aliphatic rings. The van der Waals surface area contributed by atoms with Crippen molar-refractivity contribution < 1.29 is 14.6 Å². The van der Waals surface area contributed by atoms with E-state index in [0.29, 0.717) is 18.4 Å². The second-order valence-electron chi connectivity index (χ2n) is 7.01. The first-order valence-electron chi connectivity index (χ1n) is 8.77. The fourth-order valence-corrected chi connectivity index (χ4v) is 3.07. The van der Waals surface area contributed by atoms with Gasteiger partial charge in [0.2, 0.25) is 0 Å². The van der Waals surface area contributed by atoms with E-state index in [1.54, 1.807) is 7.11 Å². The Kier molecular flexibility index (Phi) is 7.18. The van der Waals surface area contributed by atoms with Gasteiger partial charge in [0.25, 0.3) is 0 Å². The van der Waals surface area contributed by atoms with E-state index in [-0.39, 0.29) is 6.10 Å². The predicted octanol–water partition coefficient (Wildman–Crippen LogP) is 3.37. The predicted molar refractivity (Wildman–Crippen MR) is 93.0 cm³/mol. The van der Waals surface area contributed by atoms with Crippen LogP contribution >= 0.6 is 0 Å². The summed E-state index contributed by atoms with van der Waals surface area (Å²) in [5, 5.41) is 13.2. The summed E-state index contributed by atoms with van der Waals surface area (Å²) >= 11 is 0. The lowest BCUT2D eigenvalue weighted by molar-refractivity contribution is 0.101. The zero-order chi connectivity index (χ0) is 16.7. The molecular formula is C19H31NO3. The quantitative estimate of drug-likeness (QED) is 0.771. The van der Waals surface area contributed by atoms with Gasteiger partial charge >= 0.3 is 0 Å². The van der Waals surface area contributed by atoms with Crippen LogP contribution in [0.5, 0.6) is 11.5 Å². The van der Waals surface area contributed by atoms with E-state index in [9.17, 15) is 5.11 Å². The molecule has 130 valence electrons. The Labute approximate surface area is 140 Å². The third kappa shape index (κ3) is 6.04. The summed E-state index contributed by atoms with van der Waals surface area (Å²) in [4.78, 5) is 0. The monoisotopic (exact) mass is 321 g/mol. The van der Waals surface area contributed by atoms with Gasteiger partial charge in [-0.15, -0.1) is 0 Å². The van der Waals surface area contributed by atoms with Crippen LogP contribution in [0.2, 0.25) is 0 Å². The summed E-state index contributed by atoms with van der Waals surface area (Å²) in [6.45, 7) is 6.74. The number of nitrogens with one attached hydrogen (secondary N) is 1. The molecule has 0 aliphatic heterocycles. The van der Waals surface area contributed by atoms with E-state index in [1.807, 2.05) is 6.07 Å². The summed E-state index contributed by atoms with van der Waals surface area (Å²) in [6, 6.07) is 6.10. The molecule has 1 aromatic carbocycles. The van der Waals surface area contributed by atoms with Gasteiger partial charge in [0.15, 0.2) is 11.5 Å². The maximum atomic E-state index is 9.74. The molecule has 2 atom stereocenters. The maximum Gasteiger partial charge on any atom is 0.161 e. The SMILES string of the molecule is COc1ccc(CNCC2CCCC(O)C2)cc1OCC(C)C.